The Morgan fingerprint density at radius 1 is 0.429 bits per heavy atom. The topological polar surface area (TPSA) is 13.0 Å². The van der Waals surface area contributed by atoms with Crippen molar-refractivity contribution in [2.45, 2.75) is 0 Å². The van der Waals surface area contributed by atoms with Crippen LogP contribution in [0.1, 0.15) is 0 Å². The maximum atomic E-state index is 2.47. The Morgan fingerprint density at radius 2 is 0.571 bits per heavy atom. The SMILES string of the molecule is C1N2CN3CN1CN(C2)C3.[B+3].[F-].[F-].[F-]. The van der Waals surface area contributed by atoms with Crippen LogP contribution in [-0.2, 0) is 0 Å². The van der Waals surface area contributed by atoms with Crippen LogP contribution in [-0.4, -0.2) is 68.0 Å². The van der Waals surface area contributed by atoms with Gasteiger partial charge in [-0.2, -0.15) is 0 Å². The number of rotatable bonds is 0. The molecular formula is C6H12BF3N4. The van der Waals surface area contributed by atoms with Crippen LogP contribution >= 0.6 is 0 Å². The van der Waals surface area contributed by atoms with Crippen molar-refractivity contribution in [3.05, 3.63) is 0 Å². The van der Waals surface area contributed by atoms with Crippen LogP contribution in [0.5, 0.6) is 0 Å². The summed E-state index contributed by atoms with van der Waals surface area (Å²) in [7, 11) is 0. The van der Waals surface area contributed by atoms with E-state index in [2.05, 4.69) is 19.6 Å². The molecule has 0 spiro atoms. The van der Waals surface area contributed by atoms with Crippen LogP contribution in [0.25, 0.3) is 0 Å². The van der Waals surface area contributed by atoms with E-state index in [4.69, 9.17) is 0 Å². The predicted molar refractivity (Wildman–Crippen MR) is 42.3 cm³/mol. The van der Waals surface area contributed by atoms with Gasteiger partial charge in [-0.25, -0.2) is 0 Å². The van der Waals surface area contributed by atoms with Gasteiger partial charge in [0.25, 0.3) is 0 Å². The van der Waals surface area contributed by atoms with Crippen molar-refractivity contribution in [2.75, 3.05) is 40.0 Å². The van der Waals surface area contributed by atoms with Crippen molar-refractivity contribution in [1.82, 2.24) is 19.6 Å². The molecule has 4 saturated heterocycles. The number of halogens is 3. The number of hydrogen-bond acceptors (Lipinski definition) is 4. The van der Waals surface area contributed by atoms with E-state index in [9.17, 15) is 0 Å². The Labute approximate surface area is 83.1 Å². The zero-order valence-electron chi connectivity index (χ0n) is 7.74. The van der Waals surface area contributed by atoms with Gasteiger partial charge in [0.2, 0.25) is 0 Å². The van der Waals surface area contributed by atoms with Gasteiger partial charge in [0.1, 0.15) is 0 Å². The molecule has 0 saturated carbocycles. The zero-order valence-corrected chi connectivity index (χ0v) is 7.74. The van der Waals surface area contributed by atoms with Gasteiger partial charge in [-0.1, -0.05) is 0 Å². The fourth-order valence-corrected chi connectivity index (χ4v) is 2.23. The Hall–Kier alpha value is -0.305. The first-order chi connectivity index (χ1) is 4.90. The second-order valence-corrected chi connectivity index (χ2v) is 3.53. The molecule has 0 aromatic heterocycles. The molecule has 0 unspecified atom stereocenters. The van der Waals surface area contributed by atoms with Gasteiger partial charge in [-0.05, 0) is 0 Å². The summed E-state index contributed by atoms with van der Waals surface area (Å²) in [6, 6.07) is 0. The molecule has 4 nitrogen and oxygen atoms in total. The van der Waals surface area contributed by atoms with E-state index >= 15 is 0 Å². The third-order valence-electron chi connectivity index (χ3n) is 2.40. The van der Waals surface area contributed by atoms with Crippen LogP contribution in [0.15, 0.2) is 0 Å². The Bertz CT molecular complexity index is 117. The van der Waals surface area contributed by atoms with Gasteiger partial charge in [0.05, 0.1) is 40.0 Å². The van der Waals surface area contributed by atoms with Crippen molar-refractivity contribution in [2.24, 2.45) is 0 Å². The van der Waals surface area contributed by atoms with Gasteiger partial charge >= 0.3 is 8.41 Å². The minimum Gasteiger partial charge on any atom is -1.00 e. The molecule has 0 amide bonds. The molecule has 4 bridgehead atoms. The van der Waals surface area contributed by atoms with Crippen molar-refractivity contribution in [3.63, 3.8) is 0 Å². The second kappa shape index (κ2) is 5.55. The molecule has 4 aliphatic heterocycles. The first-order valence-electron chi connectivity index (χ1n) is 3.79. The molecule has 0 aromatic rings. The van der Waals surface area contributed by atoms with Crippen molar-refractivity contribution < 1.29 is 14.1 Å². The molecule has 0 N–H and O–H groups in total. The first-order valence-corrected chi connectivity index (χ1v) is 3.79. The summed E-state index contributed by atoms with van der Waals surface area (Å²) in [5.74, 6) is 0. The predicted octanol–water partition coefficient (Wildman–Crippen LogP) is -10.4. The van der Waals surface area contributed by atoms with E-state index in [1.165, 1.54) is 40.0 Å². The molecule has 4 heterocycles. The average Bonchev–Trinajstić information content (AvgIpc) is 1.82. The Morgan fingerprint density at radius 3 is 0.714 bits per heavy atom. The van der Waals surface area contributed by atoms with E-state index < -0.39 is 0 Å². The minimum absolute atomic E-state index is 0. The van der Waals surface area contributed by atoms with Gasteiger partial charge in [0.15, 0.2) is 0 Å². The quantitative estimate of drug-likeness (QED) is 0.366. The van der Waals surface area contributed by atoms with E-state index in [1.54, 1.807) is 0 Å². The zero-order chi connectivity index (χ0) is 6.55. The molecule has 8 heteroatoms. The average molecular weight is 208 g/mol. The molecular weight excluding hydrogens is 196 g/mol. The van der Waals surface area contributed by atoms with Crippen LogP contribution in [0, 0.1) is 0 Å². The number of hydrogen-bond donors (Lipinski definition) is 0. The van der Waals surface area contributed by atoms with Crippen molar-refractivity contribution >= 4 is 8.41 Å². The van der Waals surface area contributed by atoms with E-state index in [0.29, 0.717) is 0 Å². The summed E-state index contributed by atoms with van der Waals surface area (Å²) in [6.07, 6.45) is 0. The van der Waals surface area contributed by atoms with E-state index in [1.807, 2.05) is 0 Å². The third-order valence-corrected chi connectivity index (χ3v) is 2.40. The molecule has 0 aliphatic carbocycles. The normalized spacial score (nSPS) is 41.1. The maximum absolute atomic E-state index is 2.47. The fourth-order valence-electron chi connectivity index (χ4n) is 2.23. The van der Waals surface area contributed by atoms with Crippen LogP contribution in [0.3, 0.4) is 0 Å². The molecule has 0 radical (unpaired) electrons. The van der Waals surface area contributed by atoms with Crippen LogP contribution in [0.4, 0.5) is 0 Å². The van der Waals surface area contributed by atoms with Gasteiger partial charge in [0, 0.05) is 0 Å². The summed E-state index contributed by atoms with van der Waals surface area (Å²) in [5.41, 5.74) is 0. The third kappa shape index (κ3) is 2.38. The smallest absolute Gasteiger partial charge is 1.00 e. The summed E-state index contributed by atoms with van der Waals surface area (Å²) < 4.78 is 0. The van der Waals surface area contributed by atoms with Crippen molar-refractivity contribution in [3.8, 4) is 0 Å². The molecule has 4 rings (SSSR count). The molecule has 80 valence electrons. The summed E-state index contributed by atoms with van der Waals surface area (Å²) in [4.78, 5) is 9.88. The number of nitrogens with zero attached hydrogens (tertiary/aromatic N) is 4. The van der Waals surface area contributed by atoms with Gasteiger partial charge in [-0.3, -0.25) is 19.6 Å². The Balaban J connectivity index is 0. The molecule has 4 aliphatic rings. The molecule has 0 aromatic carbocycles. The van der Waals surface area contributed by atoms with Crippen LogP contribution < -0.4 is 14.1 Å². The monoisotopic (exact) mass is 208 g/mol. The van der Waals surface area contributed by atoms with E-state index in [0.717, 1.165) is 0 Å². The molecule has 14 heavy (non-hydrogen) atoms. The second-order valence-electron chi connectivity index (χ2n) is 3.53. The molecule has 0 atom stereocenters. The summed E-state index contributed by atoms with van der Waals surface area (Å²) in [5, 5.41) is 0. The standard InChI is InChI=1S/C6H12N4.B.3FH/c1-7-2-9-4-8(1)5-10(3-7)6-9;;;;/h1-6H2;;3*1H/q;+3;;;/p-3. The molecule has 4 fully saturated rings. The summed E-state index contributed by atoms with van der Waals surface area (Å²) >= 11 is 0. The largest absolute Gasteiger partial charge is 3.00 e. The summed E-state index contributed by atoms with van der Waals surface area (Å²) in [6.45, 7) is 7.12. The van der Waals surface area contributed by atoms with Gasteiger partial charge in [-0.15, -0.1) is 0 Å². The fraction of sp³-hybridized carbons (Fsp3) is 1.00. The maximum Gasteiger partial charge on any atom is 3.00 e. The van der Waals surface area contributed by atoms with Crippen LogP contribution in [0.2, 0.25) is 0 Å². The first kappa shape index (κ1) is 16.1. The van der Waals surface area contributed by atoms with E-state index in [-0.39, 0.29) is 22.5 Å². The van der Waals surface area contributed by atoms with Gasteiger partial charge < -0.3 is 14.1 Å². The minimum atomic E-state index is 0. The Kier molecular flexibility index (Phi) is 6.39. The van der Waals surface area contributed by atoms with Crippen molar-refractivity contribution in [1.29, 1.82) is 0 Å².